The molecular formula is C17H19ClN2O3. The van der Waals surface area contributed by atoms with Gasteiger partial charge in [0.05, 0.1) is 6.61 Å². The van der Waals surface area contributed by atoms with Gasteiger partial charge in [0.15, 0.2) is 0 Å². The molecule has 0 unspecified atom stereocenters. The van der Waals surface area contributed by atoms with Crippen LogP contribution in [0.25, 0.3) is 0 Å². The second-order valence-electron chi connectivity index (χ2n) is 5.14. The van der Waals surface area contributed by atoms with E-state index in [-0.39, 0.29) is 24.8 Å². The number of carbonyl (C=O) groups excluding carboxylic acids is 1. The number of anilines is 1. The van der Waals surface area contributed by atoms with Gasteiger partial charge in [0.1, 0.15) is 5.75 Å². The lowest BCUT2D eigenvalue weighted by molar-refractivity contribution is 0.0945. The van der Waals surface area contributed by atoms with Crippen molar-refractivity contribution in [1.29, 1.82) is 0 Å². The van der Waals surface area contributed by atoms with E-state index in [4.69, 9.17) is 16.7 Å². The van der Waals surface area contributed by atoms with Gasteiger partial charge in [-0.2, -0.15) is 0 Å². The molecule has 0 saturated heterocycles. The number of rotatable bonds is 6. The third kappa shape index (κ3) is 4.61. The molecule has 0 bridgehead atoms. The molecule has 0 aliphatic heterocycles. The van der Waals surface area contributed by atoms with Gasteiger partial charge in [-0.05, 0) is 42.8 Å². The van der Waals surface area contributed by atoms with E-state index in [1.165, 1.54) is 0 Å². The minimum atomic E-state index is -0.246. The molecule has 0 fully saturated rings. The number of carbonyl (C=O) groups is 1. The van der Waals surface area contributed by atoms with Crippen molar-refractivity contribution >= 4 is 23.2 Å². The first kappa shape index (κ1) is 17.1. The largest absolute Gasteiger partial charge is 0.507 e. The summed E-state index contributed by atoms with van der Waals surface area (Å²) in [5.74, 6) is -0.0390. The van der Waals surface area contributed by atoms with Crippen LogP contribution in [0.2, 0.25) is 5.02 Å². The number of hydrogen-bond donors (Lipinski definition) is 4. The van der Waals surface area contributed by atoms with Crippen LogP contribution in [0.1, 0.15) is 21.5 Å². The van der Waals surface area contributed by atoms with Gasteiger partial charge in [-0.25, -0.2) is 0 Å². The molecule has 5 nitrogen and oxygen atoms in total. The van der Waals surface area contributed by atoms with Crippen LogP contribution >= 0.6 is 11.6 Å². The van der Waals surface area contributed by atoms with Crippen molar-refractivity contribution < 1.29 is 15.0 Å². The maximum Gasteiger partial charge on any atom is 0.251 e. The van der Waals surface area contributed by atoms with Crippen LogP contribution in [0, 0.1) is 6.92 Å². The Labute approximate surface area is 139 Å². The van der Waals surface area contributed by atoms with Gasteiger partial charge in [0.25, 0.3) is 5.91 Å². The van der Waals surface area contributed by atoms with Crippen LogP contribution < -0.4 is 10.6 Å². The van der Waals surface area contributed by atoms with Gasteiger partial charge >= 0.3 is 0 Å². The second-order valence-corrected chi connectivity index (χ2v) is 5.58. The molecule has 0 saturated carbocycles. The molecule has 0 radical (unpaired) electrons. The van der Waals surface area contributed by atoms with Gasteiger partial charge in [0, 0.05) is 34.9 Å². The number of hydrogen-bond acceptors (Lipinski definition) is 4. The van der Waals surface area contributed by atoms with Gasteiger partial charge in [-0.3, -0.25) is 4.79 Å². The molecule has 0 aliphatic carbocycles. The molecule has 0 aromatic heterocycles. The molecule has 4 N–H and O–H groups in total. The predicted octanol–water partition coefficient (Wildman–Crippen LogP) is 2.69. The van der Waals surface area contributed by atoms with E-state index < -0.39 is 0 Å². The van der Waals surface area contributed by atoms with Gasteiger partial charge < -0.3 is 20.8 Å². The Bertz CT molecular complexity index is 704. The Morgan fingerprint density at radius 3 is 2.78 bits per heavy atom. The first-order chi connectivity index (χ1) is 11.0. The van der Waals surface area contributed by atoms with Crippen molar-refractivity contribution in [1.82, 2.24) is 5.32 Å². The number of phenols is 1. The average molecular weight is 335 g/mol. The molecule has 6 heteroatoms. The first-order valence-corrected chi connectivity index (χ1v) is 7.60. The van der Waals surface area contributed by atoms with Crippen LogP contribution in [0.4, 0.5) is 5.69 Å². The minimum absolute atomic E-state index is 0.100. The number of amides is 1. The molecule has 23 heavy (non-hydrogen) atoms. The van der Waals surface area contributed by atoms with Crippen LogP contribution in [-0.2, 0) is 6.54 Å². The van der Waals surface area contributed by atoms with Crippen LogP contribution in [0.15, 0.2) is 36.4 Å². The number of benzene rings is 2. The molecule has 2 aromatic carbocycles. The van der Waals surface area contributed by atoms with Crippen molar-refractivity contribution in [3.63, 3.8) is 0 Å². The van der Waals surface area contributed by atoms with Crippen LogP contribution in [-0.4, -0.2) is 29.3 Å². The van der Waals surface area contributed by atoms with Gasteiger partial charge in [-0.1, -0.05) is 17.7 Å². The van der Waals surface area contributed by atoms with E-state index in [9.17, 15) is 9.90 Å². The SMILES string of the molecule is Cc1cc(Cl)cc(CNc2cccc(C(=O)NCCO)c2)c1O. The summed E-state index contributed by atoms with van der Waals surface area (Å²) in [4.78, 5) is 11.9. The van der Waals surface area contributed by atoms with Crippen molar-refractivity contribution in [2.75, 3.05) is 18.5 Å². The topological polar surface area (TPSA) is 81.6 Å². The summed E-state index contributed by atoms with van der Waals surface area (Å²) < 4.78 is 0. The van der Waals surface area contributed by atoms with E-state index >= 15 is 0 Å². The van der Waals surface area contributed by atoms with E-state index in [0.717, 1.165) is 5.69 Å². The number of aliphatic hydroxyl groups is 1. The molecule has 2 rings (SSSR count). The maximum atomic E-state index is 11.9. The van der Waals surface area contributed by atoms with E-state index in [1.807, 2.05) is 6.07 Å². The van der Waals surface area contributed by atoms with Crippen molar-refractivity contribution in [2.45, 2.75) is 13.5 Å². The highest BCUT2D eigenvalue weighted by atomic mass is 35.5. The fourth-order valence-electron chi connectivity index (χ4n) is 2.18. The molecule has 0 atom stereocenters. The lowest BCUT2D eigenvalue weighted by atomic mass is 10.1. The second kappa shape index (κ2) is 7.85. The van der Waals surface area contributed by atoms with Crippen molar-refractivity contribution in [2.24, 2.45) is 0 Å². The summed E-state index contributed by atoms with van der Waals surface area (Å²) >= 11 is 6.01. The van der Waals surface area contributed by atoms with E-state index in [1.54, 1.807) is 37.3 Å². The third-order valence-electron chi connectivity index (χ3n) is 3.35. The number of aromatic hydroxyl groups is 1. The molecule has 0 spiro atoms. The van der Waals surface area contributed by atoms with Gasteiger partial charge in [0.2, 0.25) is 0 Å². The Morgan fingerprint density at radius 1 is 1.26 bits per heavy atom. The third-order valence-corrected chi connectivity index (χ3v) is 3.57. The minimum Gasteiger partial charge on any atom is -0.507 e. The summed E-state index contributed by atoms with van der Waals surface area (Å²) in [5.41, 5.74) is 2.64. The fraction of sp³-hybridized carbons (Fsp3) is 0.235. The lowest BCUT2D eigenvalue weighted by Gasteiger charge is -2.11. The predicted molar refractivity (Wildman–Crippen MR) is 91.0 cm³/mol. The Balaban J connectivity index is 2.08. The molecule has 0 aliphatic rings. The molecule has 122 valence electrons. The molecule has 1 amide bonds. The maximum absolute atomic E-state index is 11.9. The molecule has 0 heterocycles. The normalized spacial score (nSPS) is 10.4. The lowest BCUT2D eigenvalue weighted by Crippen LogP contribution is -2.26. The number of aryl methyl sites for hydroxylation is 1. The highest BCUT2D eigenvalue weighted by Gasteiger charge is 2.08. The Hall–Kier alpha value is -2.24. The molecular weight excluding hydrogens is 316 g/mol. The smallest absolute Gasteiger partial charge is 0.251 e. The monoisotopic (exact) mass is 334 g/mol. The Kier molecular flexibility index (Phi) is 5.84. The first-order valence-electron chi connectivity index (χ1n) is 7.22. The quantitative estimate of drug-likeness (QED) is 0.654. The standard InChI is InChI=1S/C17H19ClN2O3/c1-11-7-14(18)8-13(16(11)22)10-20-15-4-2-3-12(9-15)17(23)19-5-6-21/h2-4,7-9,20-22H,5-6,10H2,1H3,(H,19,23). The van der Waals surface area contributed by atoms with Crippen molar-refractivity contribution in [3.8, 4) is 5.75 Å². The highest BCUT2D eigenvalue weighted by molar-refractivity contribution is 6.30. The van der Waals surface area contributed by atoms with E-state index in [0.29, 0.717) is 28.3 Å². The zero-order valence-electron chi connectivity index (χ0n) is 12.8. The van der Waals surface area contributed by atoms with Gasteiger partial charge in [-0.15, -0.1) is 0 Å². The number of nitrogens with one attached hydrogen (secondary N) is 2. The average Bonchev–Trinajstić information content (AvgIpc) is 2.54. The summed E-state index contributed by atoms with van der Waals surface area (Å²) in [6.45, 7) is 2.29. The summed E-state index contributed by atoms with van der Waals surface area (Å²) in [5, 5.41) is 25.1. The highest BCUT2D eigenvalue weighted by Crippen LogP contribution is 2.27. The molecule has 2 aromatic rings. The zero-order valence-corrected chi connectivity index (χ0v) is 13.5. The zero-order chi connectivity index (χ0) is 16.8. The summed E-state index contributed by atoms with van der Waals surface area (Å²) in [7, 11) is 0. The van der Waals surface area contributed by atoms with Crippen LogP contribution in [0.5, 0.6) is 5.75 Å². The number of phenolic OH excluding ortho intramolecular Hbond substituents is 1. The number of aliphatic hydroxyl groups excluding tert-OH is 1. The summed E-state index contributed by atoms with van der Waals surface area (Å²) in [6, 6.07) is 10.4. The Morgan fingerprint density at radius 2 is 2.04 bits per heavy atom. The summed E-state index contributed by atoms with van der Waals surface area (Å²) in [6.07, 6.45) is 0. The fourth-order valence-corrected chi connectivity index (χ4v) is 2.47. The van der Waals surface area contributed by atoms with E-state index in [2.05, 4.69) is 10.6 Å². The number of halogens is 1. The van der Waals surface area contributed by atoms with Crippen molar-refractivity contribution in [3.05, 3.63) is 58.1 Å². The van der Waals surface area contributed by atoms with Crippen LogP contribution in [0.3, 0.4) is 0 Å².